The van der Waals surface area contributed by atoms with Crippen LogP contribution in [0.5, 0.6) is 0 Å². The molecule has 0 spiro atoms. The van der Waals surface area contributed by atoms with E-state index in [-0.39, 0.29) is 5.92 Å². The number of carboxylic acids is 1. The largest absolute Gasteiger partial charge is 0.481 e. The number of likely N-dealkylation sites (tertiary alicyclic amines) is 1. The number of aliphatic carboxylic acids is 1. The number of carboxylic acid groups (broad SMARTS) is 1. The van der Waals surface area contributed by atoms with Crippen molar-refractivity contribution in [2.24, 2.45) is 11.8 Å². The molecule has 1 saturated heterocycles. The van der Waals surface area contributed by atoms with Gasteiger partial charge in [-0.3, -0.25) is 9.69 Å². The summed E-state index contributed by atoms with van der Waals surface area (Å²) in [5.74, 6) is -0.445. The number of fused-ring (bicyclic) bond motifs is 1. The topological polar surface area (TPSA) is 40.5 Å². The van der Waals surface area contributed by atoms with Crippen LogP contribution in [-0.2, 0) is 11.3 Å². The average Bonchev–Trinajstić information content (AvgIpc) is 2.46. The molecule has 0 saturated carbocycles. The van der Waals surface area contributed by atoms with Gasteiger partial charge >= 0.3 is 5.97 Å². The molecule has 1 fully saturated rings. The van der Waals surface area contributed by atoms with Crippen LogP contribution in [0.1, 0.15) is 18.9 Å². The van der Waals surface area contributed by atoms with Crippen molar-refractivity contribution in [2.45, 2.75) is 19.9 Å². The van der Waals surface area contributed by atoms with Crippen LogP contribution in [0.2, 0.25) is 0 Å². The van der Waals surface area contributed by atoms with Gasteiger partial charge < -0.3 is 5.11 Å². The van der Waals surface area contributed by atoms with E-state index in [0.717, 1.165) is 19.5 Å². The normalized spacial score (nSPS) is 23.3. The number of rotatable bonds is 3. The van der Waals surface area contributed by atoms with Gasteiger partial charge in [0.05, 0.1) is 5.92 Å². The van der Waals surface area contributed by atoms with E-state index < -0.39 is 5.97 Å². The number of benzene rings is 2. The lowest BCUT2D eigenvalue weighted by Gasteiger charge is -2.34. The molecule has 0 radical (unpaired) electrons. The molecule has 1 heterocycles. The van der Waals surface area contributed by atoms with E-state index in [1.165, 1.54) is 16.3 Å². The van der Waals surface area contributed by atoms with Gasteiger partial charge in [-0.15, -0.1) is 0 Å². The minimum atomic E-state index is -0.662. The van der Waals surface area contributed by atoms with Crippen LogP contribution < -0.4 is 0 Å². The van der Waals surface area contributed by atoms with Gasteiger partial charge in [-0.1, -0.05) is 43.3 Å². The molecule has 2 atom stereocenters. The van der Waals surface area contributed by atoms with Gasteiger partial charge in [-0.25, -0.2) is 0 Å². The van der Waals surface area contributed by atoms with Gasteiger partial charge in [0.15, 0.2) is 0 Å². The molecule has 0 bridgehead atoms. The first-order chi connectivity index (χ1) is 10.1. The van der Waals surface area contributed by atoms with Gasteiger partial charge in [0.2, 0.25) is 0 Å². The van der Waals surface area contributed by atoms with Gasteiger partial charge in [-0.2, -0.15) is 0 Å². The van der Waals surface area contributed by atoms with Crippen molar-refractivity contribution in [2.75, 3.05) is 13.1 Å². The van der Waals surface area contributed by atoms with E-state index >= 15 is 0 Å². The Morgan fingerprint density at radius 1 is 1.19 bits per heavy atom. The van der Waals surface area contributed by atoms with Crippen molar-refractivity contribution >= 4 is 16.7 Å². The lowest BCUT2D eigenvalue weighted by molar-refractivity contribution is -0.144. The summed E-state index contributed by atoms with van der Waals surface area (Å²) in [7, 11) is 0. The Labute approximate surface area is 125 Å². The molecule has 21 heavy (non-hydrogen) atoms. The van der Waals surface area contributed by atoms with E-state index in [1.807, 2.05) is 6.07 Å². The van der Waals surface area contributed by atoms with Crippen LogP contribution in [-0.4, -0.2) is 29.1 Å². The van der Waals surface area contributed by atoms with Crippen molar-refractivity contribution < 1.29 is 9.90 Å². The minimum absolute atomic E-state index is 0.228. The predicted molar refractivity (Wildman–Crippen MR) is 84.1 cm³/mol. The van der Waals surface area contributed by atoms with E-state index in [2.05, 4.69) is 48.2 Å². The second-order valence-corrected chi connectivity index (χ2v) is 6.25. The fourth-order valence-electron chi connectivity index (χ4n) is 3.37. The second-order valence-electron chi connectivity index (χ2n) is 6.25. The highest BCUT2D eigenvalue weighted by molar-refractivity contribution is 5.82. The Morgan fingerprint density at radius 3 is 2.71 bits per heavy atom. The molecule has 0 amide bonds. The molecule has 3 heteroatoms. The maximum absolute atomic E-state index is 11.2. The smallest absolute Gasteiger partial charge is 0.307 e. The van der Waals surface area contributed by atoms with Crippen LogP contribution in [0.25, 0.3) is 10.8 Å². The zero-order chi connectivity index (χ0) is 14.8. The summed E-state index contributed by atoms with van der Waals surface area (Å²) < 4.78 is 0. The number of piperidine rings is 1. The zero-order valence-corrected chi connectivity index (χ0v) is 12.3. The highest BCUT2D eigenvalue weighted by atomic mass is 16.4. The fourth-order valence-corrected chi connectivity index (χ4v) is 3.37. The number of nitrogens with zero attached hydrogens (tertiary/aromatic N) is 1. The molecule has 110 valence electrons. The van der Waals surface area contributed by atoms with E-state index in [0.29, 0.717) is 12.5 Å². The summed E-state index contributed by atoms with van der Waals surface area (Å²) in [5, 5.41) is 11.7. The fraction of sp³-hybridized carbons (Fsp3) is 0.389. The second kappa shape index (κ2) is 5.86. The number of hydrogen-bond acceptors (Lipinski definition) is 2. The third kappa shape index (κ3) is 3.24. The minimum Gasteiger partial charge on any atom is -0.481 e. The van der Waals surface area contributed by atoms with Crippen LogP contribution in [0.4, 0.5) is 0 Å². The Hall–Kier alpha value is -1.87. The van der Waals surface area contributed by atoms with Crippen LogP contribution >= 0.6 is 0 Å². The van der Waals surface area contributed by atoms with E-state index in [4.69, 9.17) is 0 Å². The SMILES string of the molecule is CC1CC(C(=O)O)CN(Cc2ccc3ccccc3c2)C1. The molecule has 2 aromatic carbocycles. The van der Waals surface area contributed by atoms with E-state index in [1.54, 1.807) is 0 Å². The zero-order valence-electron chi connectivity index (χ0n) is 12.3. The van der Waals surface area contributed by atoms with Crippen molar-refractivity contribution in [3.8, 4) is 0 Å². The van der Waals surface area contributed by atoms with Crippen molar-refractivity contribution in [3.05, 3.63) is 48.0 Å². The lowest BCUT2D eigenvalue weighted by Crippen LogP contribution is -2.41. The predicted octanol–water partition coefficient (Wildman–Crippen LogP) is 3.38. The summed E-state index contributed by atoms with van der Waals surface area (Å²) in [6.45, 7) is 4.62. The molecular formula is C18H21NO2. The summed E-state index contributed by atoms with van der Waals surface area (Å²) in [6.07, 6.45) is 0.795. The summed E-state index contributed by atoms with van der Waals surface area (Å²) in [5.41, 5.74) is 1.26. The Kier molecular flexibility index (Phi) is 3.93. The first-order valence-electron chi connectivity index (χ1n) is 7.54. The number of carbonyl (C=O) groups is 1. The molecule has 2 unspecified atom stereocenters. The third-order valence-corrected chi connectivity index (χ3v) is 4.30. The van der Waals surface area contributed by atoms with E-state index in [9.17, 15) is 9.90 Å². The maximum atomic E-state index is 11.2. The monoisotopic (exact) mass is 283 g/mol. The first kappa shape index (κ1) is 14.1. The average molecular weight is 283 g/mol. The Bertz CT molecular complexity index is 652. The quantitative estimate of drug-likeness (QED) is 0.938. The molecule has 1 aliphatic heterocycles. The maximum Gasteiger partial charge on any atom is 0.307 e. The van der Waals surface area contributed by atoms with Crippen molar-refractivity contribution in [3.63, 3.8) is 0 Å². The van der Waals surface area contributed by atoms with Crippen molar-refractivity contribution in [1.82, 2.24) is 4.90 Å². The lowest BCUT2D eigenvalue weighted by atomic mass is 9.90. The molecule has 3 nitrogen and oxygen atoms in total. The summed E-state index contributed by atoms with van der Waals surface area (Å²) in [6, 6.07) is 14.8. The highest BCUT2D eigenvalue weighted by Gasteiger charge is 2.29. The van der Waals surface area contributed by atoms with Gasteiger partial charge in [0.25, 0.3) is 0 Å². The molecule has 0 aromatic heterocycles. The molecule has 0 aliphatic carbocycles. The van der Waals surface area contributed by atoms with Crippen LogP contribution in [0.15, 0.2) is 42.5 Å². The number of hydrogen-bond donors (Lipinski definition) is 1. The van der Waals surface area contributed by atoms with Crippen LogP contribution in [0.3, 0.4) is 0 Å². The van der Waals surface area contributed by atoms with Gasteiger partial charge in [-0.05, 0) is 34.7 Å². The van der Waals surface area contributed by atoms with Gasteiger partial charge in [0, 0.05) is 19.6 Å². The third-order valence-electron chi connectivity index (χ3n) is 4.30. The molecule has 2 aromatic rings. The Morgan fingerprint density at radius 2 is 1.95 bits per heavy atom. The van der Waals surface area contributed by atoms with Crippen LogP contribution in [0, 0.1) is 11.8 Å². The standard InChI is InChI=1S/C18H21NO2/c1-13-8-17(18(20)21)12-19(10-13)11-14-6-7-15-4-2-3-5-16(15)9-14/h2-7,9,13,17H,8,10-12H2,1H3,(H,20,21). The summed E-state index contributed by atoms with van der Waals surface area (Å²) in [4.78, 5) is 13.5. The highest BCUT2D eigenvalue weighted by Crippen LogP contribution is 2.24. The first-order valence-corrected chi connectivity index (χ1v) is 7.54. The summed E-state index contributed by atoms with van der Waals surface area (Å²) >= 11 is 0. The van der Waals surface area contributed by atoms with Gasteiger partial charge in [0.1, 0.15) is 0 Å². The molecule has 1 aliphatic rings. The molecular weight excluding hydrogens is 262 g/mol. The molecule has 1 N–H and O–H groups in total. The molecule has 3 rings (SSSR count). The Balaban J connectivity index is 1.76. The van der Waals surface area contributed by atoms with Crippen molar-refractivity contribution in [1.29, 1.82) is 0 Å².